The first kappa shape index (κ1) is 18.7. The maximum atomic E-state index is 13.2. The Morgan fingerprint density at radius 2 is 1.90 bits per heavy atom. The van der Waals surface area contributed by atoms with E-state index in [9.17, 15) is 9.59 Å². The molecule has 0 unspecified atom stereocenters. The van der Waals surface area contributed by atoms with Crippen LogP contribution in [0.3, 0.4) is 0 Å². The number of carbonyl (C=O) groups is 1. The Balaban J connectivity index is 1.72. The van der Waals surface area contributed by atoms with E-state index in [2.05, 4.69) is 15.5 Å². The number of furan rings is 1. The summed E-state index contributed by atoms with van der Waals surface area (Å²) in [6, 6.07) is 12.3. The van der Waals surface area contributed by atoms with Crippen molar-refractivity contribution >= 4 is 16.8 Å². The molecule has 0 fully saturated rings. The van der Waals surface area contributed by atoms with Crippen LogP contribution in [0.25, 0.3) is 16.6 Å². The molecule has 8 heteroatoms. The Morgan fingerprint density at radius 1 is 1.14 bits per heavy atom. The zero-order valence-corrected chi connectivity index (χ0v) is 16.4. The van der Waals surface area contributed by atoms with Crippen LogP contribution < -0.4 is 10.9 Å². The lowest BCUT2D eigenvalue weighted by molar-refractivity contribution is -0.124. The predicted molar refractivity (Wildman–Crippen MR) is 108 cm³/mol. The van der Waals surface area contributed by atoms with Crippen LogP contribution in [-0.4, -0.2) is 25.5 Å². The van der Waals surface area contributed by atoms with Crippen molar-refractivity contribution in [3.63, 3.8) is 0 Å². The van der Waals surface area contributed by atoms with Gasteiger partial charge in [0.2, 0.25) is 5.91 Å². The van der Waals surface area contributed by atoms with E-state index < -0.39 is 6.04 Å². The van der Waals surface area contributed by atoms with E-state index in [-0.39, 0.29) is 18.0 Å². The molecule has 148 valence electrons. The van der Waals surface area contributed by atoms with Gasteiger partial charge in [-0.05, 0) is 45.0 Å². The Bertz CT molecular complexity index is 1220. The molecule has 3 aromatic heterocycles. The van der Waals surface area contributed by atoms with Gasteiger partial charge in [0.15, 0.2) is 0 Å². The molecular weight excluding hydrogens is 370 g/mol. The fourth-order valence-electron chi connectivity index (χ4n) is 3.31. The van der Waals surface area contributed by atoms with E-state index >= 15 is 0 Å². The molecular formula is C21H21N5O3. The molecule has 1 atom stereocenters. The van der Waals surface area contributed by atoms with E-state index in [1.54, 1.807) is 36.9 Å². The Morgan fingerprint density at radius 3 is 2.59 bits per heavy atom. The highest BCUT2D eigenvalue weighted by Gasteiger charge is 2.23. The van der Waals surface area contributed by atoms with E-state index in [0.29, 0.717) is 28.1 Å². The lowest BCUT2D eigenvalue weighted by Crippen LogP contribution is -2.37. The number of hydrogen-bond acceptors (Lipinski definition) is 5. The molecule has 0 radical (unpaired) electrons. The second-order valence-corrected chi connectivity index (χ2v) is 6.86. The number of carbonyl (C=O) groups excluding carboxylic acids is 1. The number of fused-ring (bicyclic) bond motifs is 1. The molecule has 1 amide bonds. The van der Waals surface area contributed by atoms with Gasteiger partial charge in [0, 0.05) is 0 Å². The highest BCUT2D eigenvalue weighted by molar-refractivity contribution is 5.84. The number of nitrogens with one attached hydrogen (secondary N) is 1. The van der Waals surface area contributed by atoms with Crippen molar-refractivity contribution in [2.75, 3.05) is 0 Å². The fraction of sp³-hybridized carbons (Fsp3) is 0.238. The highest BCUT2D eigenvalue weighted by atomic mass is 16.3. The molecule has 0 spiro atoms. The number of amides is 1. The average Bonchev–Trinajstić information content (AvgIpc) is 3.37. The lowest BCUT2D eigenvalue weighted by Gasteiger charge is -2.14. The number of benzene rings is 1. The average molecular weight is 391 g/mol. The van der Waals surface area contributed by atoms with Crippen LogP contribution in [0.4, 0.5) is 0 Å². The van der Waals surface area contributed by atoms with E-state index in [1.165, 1.54) is 4.68 Å². The summed E-state index contributed by atoms with van der Waals surface area (Å²) in [6.45, 7) is 5.52. The minimum absolute atomic E-state index is 0.247. The van der Waals surface area contributed by atoms with Crippen LogP contribution in [0.1, 0.15) is 30.1 Å². The van der Waals surface area contributed by atoms with Gasteiger partial charge in [-0.15, -0.1) is 0 Å². The standard InChI is InChI=1S/C21H21N5O3/c1-13-19-18(14(2)25(24-19)16-8-5-4-6-9-16)21(28)26(23-13)15(3)20(27)22-12-17-10-7-11-29-17/h4-11,15H,12H2,1-3H3,(H,22,27)/t15-/m1/s1. The van der Waals surface area contributed by atoms with E-state index in [0.717, 1.165) is 5.69 Å². The molecule has 0 saturated carbocycles. The molecule has 0 aliphatic rings. The van der Waals surface area contributed by atoms with Gasteiger partial charge >= 0.3 is 0 Å². The second kappa shape index (κ2) is 7.38. The smallest absolute Gasteiger partial charge is 0.278 e. The number of aryl methyl sites for hydroxylation is 2. The molecule has 3 heterocycles. The molecule has 0 bridgehead atoms. The first-order valence-corrected chi connectivity index (χ1v) is 9.31. The molecule has 0 saturated heterocycles. The topological polar surface area (TPSA) is 95.0 Å². The number of nitrogens with zero attached hydrogens (tertiary/aromatic N) is 4. The highest BCUT2D eigenvalue weighted by Crippen LogP contribution is 2.20. The fourth-order valence-corrected chi connectivity index (χ4v) is 3.31. The predicted octanol–water partition coefficient (Wildman–Crippen LogP) is 2.67. The van der Waals surface area contributed by atoms with Crippen LogP contribution in [-0.2, 0) is 11.3 Å². The minimum Gasteiger partial charge on any atom is -0.467 e. The quantitative estimate of drug-likeness (QED) is 0.564. The number of aromatic nitrogens is 4. The van der Waals surface area contributed by atoms with Crippen molar-refractivity contribution in [3.05, 3.63) is 76.2 Å². The van der Waals surface area contributed by atoms with Gasteiger partial charge < -0.3 is 9.73 Å². The van der Waals surface area contributed by atoms with Crippen LogP contribution >= 0.6 is 0 Å². The zero-order valence-electron chi connectivity index (χ0n) is 16.4. The molecule has 0 aliphatic carbocycles. The third kappa shape index (κ3) is 3.33. The summed E-state index contributed by atoms with van der Waals surface area (Å²) in [5.41, 5.74) is 2.35. The monoisotopic (exact) mass is 391 g/mol. The summed E-state index contributed by atoms with van der Waals surface area (Å²) in [4.78, 5) is 25.8. The Kier molecular flexibility index (Phi) is 4.75. The minimum atomic E-state index is -0.778. The molecule has 29 heavy (non-hydrogen) atoms. The van der Waals surface area contributed by atoms with Gasteiger partial charge in [0.05, 0.1) is 35.3 Å². The third-order valence-electron chi connectivity index (χ3n) is 4.90. The van der Waals surface area contributed by atoms with Crippen LogP contribution in [0.2, 0.25) is 0 Å². The second-order valence-electron chi connectivity index (χ2n) is 6.86. The molecule has 1 N–H and O–H groups in total. The number of hydrogen-bond donors (Lipinski definition) is 1. The zero-order chi connectivity index (χ0) is 20.5. The van der Waals surface area contributed by atoms with Gasteiger partial charge in [0.1, 0.15) is 17.3 Å². The van der Waals surface area contributed by atoms with Crippen molar-refractivity contribution in [1.82, 2.24) is 24.9 Å². The van der Waals surface area contributed by atoms with Gasteiger partial charge in [0.25, 0.3) is 5.56 Å². The molecule has 4 rings (SSSR count). The van der Waals surface area contributed by atoms with Gasteiger partial charge in [-0.25, -0.2) is 9.36 Å². The first-order chi connectivity index (χ1) is 14.0. The number of rotatable bonds is 5. The first-order valence-electron chi connectivity index (χ1n) is 9.31. The van der Waals surface area contributed by atoms with Gasteiger partial charge in [-0.2, -0.15) is 10.2 Å². The summed E-state index contributed by atoms with van der Waals surface area (Å²) < 4.78 is 8.17. The summed E-state index contributed by atoms with van der Waals surface area (Å²) in [6.07, 6.45) is 1.54. The summed E-state index contributed by atoms with van der Waals surface area (Å²) in [5, 5.41) is 12.2. The molecule has 1 aromatic carbocycles. The normalized spacial score (nSPS) is 12.2. The van der Waals surface area contributed by atoms with Crippen LogP contribution in [0.15, 0.2) is 57.9 Å². The SMILES string of the molecule is Cc1nn([C@H](C)C(=O)NCc2ccco2)c(=O)c2c(C)n(-c3ccccc3)nc12. The van der Waals surface area contributed by atoms with E-state index in [1.807, 2.05) is 37.3 Å². The largest absolute Gasteiger partial charge is 0.467 e. The molecule has 4 aromatic rings. The van der Waals surface area contributed by atoms with E-state index in [4.69, 9.17) is 4.42 Å². The Labute approximate surface area is 166 Å². The van der Waals surface area contributed by atoms with Crippen molar-refractivity contribution in [2.24, 2.45) is 0 Å². The van der Waals surface area contributed by atoms with Gasteiger partial charge in [-0.1, -0.05) is 18.2 Å². The summed E-state index contributed by atoms with van der Waals surface area (Å²) in [5.74, 6) is 0.320. The molecule has 8 nitrogen and oxygen atoms in total. The maximum Gasteiger partial charge on any atom is 0.278 e. The van der Waals surface area contributed by atoms with Crippen molar-refractivity contribution < 1.29 is 9.21 Å². The Hall–Kier alpha value is -3.68. The summed E-state index contributed by atoms with van der Waals surface area (Å²) in [7, 11) is 0. The van der Waals surface area contributed by atoms with Crippen molar-refractivity contribution in [2.45, 2.75) is 33.4 Å². The van der Waals surface area contributed by atoms with Crippen LogP contribution in [0, 0.1) is 13.8 Å². The maximum absolute atomic E-state index is 13.2. The van der Waals surface area contributed by atoms with Gasteiger partial charge in [-0.3, -0.25) is 9.59 Å². The van der Waals surface area contributed by atoms with Crippen LogP contribution in [0.5, 0.6) is 0 Å². The summed E-state index contributed by atoms with van der Waals surface area (Å²) >= 11 is 0. The number of para-hydroxylation sites is 1. The third-order valence-corrected chi connectivity index (χ3v) is 4.90. The van der Waals surface area contributed by atoms with Crippen molar-refractivity contribution in [1.29, 1.82) is 0 Å². The van der Waals surface area contributed by atoms with Crippen molar-refractivity contribution in [3.8, 4) is 5.69 Å². The molecule has 0 aliphatic heterocycles. The lowest BCUT2D eigenvalue weighted by atomic mass is 10.2.